The third kappa shape index (κ3) is 4.78. The molecule has 0 saturated carbocycles. The lowest BCUT2D eigenvalue weighted by atomic mass is 10.3. The molecule has 0 aromatic carbocycles. The van der Waals surface area contributed by atoms with E-state index in [-0.39, 0.29) is 11.0 Å². The molecule has 17 heavy (non-hydrogen) atoms. The van der Waals surface area contributed by atoms with Crippen LogP contribution in [0.25, 0.3) is 0 Å². The molecule has 3 N–H and O–H groups in total. The fraction of sp³-hybridized carbons (Fsp3) is 0.364. The maximum atomic E-state index is 11.1. The molecule has 1 aromatic rings. The van der Waals surface area contributed by atoms with Crippen molar-refractivity contribution in [1.82, 2.24) is 4.98 Å². The Morgan fingerprint density at radius 1 is 1.59 bits per heavy atom. The lowest BCUT2D eigenvalue weighted by Crippen LogP contribution is -2.13. The van der Waals surface area contributed by atoms with Gasteiger partial charge in [0.1, 0.15) is 4.99 Å². The predicted molar refractivity (Wildman–Crippen MR) is 69.9 cm³/mol. The second kappa shape index (κ2) is 6.80. The molecule has 6 heteroatoms. The number of ether oxygens (including phenoxy) is 1. The monoisotopic (exact) mass is 253 g/mol. The number of carbonyl (C=O) groups excluding carboxylic acids is 1. The van der Waals surface area contributed by atoms with Crippen LogP contribution in [0.5, 0.6) is 0 Å². The number of nitrogens with one attached hydrogen (secondary N) is 1. The van der Waals surface area contributed by atoms with E-state index in [1.165, 1.54) is 0 Å². The smallest absolute Gasteiger partial charge is 0.307 e. The van der Waals surface area contributed by atoms with Crippen LogP contribution in [0, 0.1) is 0 Å². The van der Waals surface area contributed by atoms with Gasteiger partial charge in [-0.3, -0.25) is 9.78 Å². The first-order valence-corrected chi connectivity index (χ1v) is 5.69. The summed E-state index contributed by atoms with van der Waals surface area (Å²) < 4.78 is 4.80. The molecule has 0 aliphatic carbocycles. The van der Waals surface area contributed by atoms with Gasteiger partial charge in [0, 0.05) is 6.54 Å². The molecule has 0 saturated heterocycles. The van der Waals surface area contributed by atoms with Crippen molar-refractivity contribution in [3.63, 3.8) is 0 Å². The highest BCUT2D eigenvalue weighted by Crippen LogP contribution is 2.06. The van der Waals surface area contributed by atoms with E-state index >= 15 is 0 Å². The fourth-order valence-electron chi connectivity index (χ4n) is 1.19. The Balaban J connectivity index is 2.37. The van der Waals surface area contributed by atoms with E-state index in [0.717, 1.165) is 5.69 Å². The topological polar surface area (TPSA) is 77.2 Å². The summed E-state index contributed by atoms with van der Waals surface area (Å²) in [6.45, 7) is 2.69. The lowest BCUT2D eigenvalue weighted by Gasteiger charge is -2.06. The zero-order valence-corrected chi connectivity index (χ0v) is 10.4. The molecule has 0 aliphatic rings. The molecule has 0 unspecified atom stereocenters. The number of hydrogen-bond donors (Lipinski definition) is 2. The quantitative estimate of drug-likeness (QED) is 0.583. The summed E-state index contributed by atoms with van der Waals surface area (Å²) in [6.07, 6.45) is 1.95. The Bertz CT molecular complexity index is 392. The zero-order valence-electron chi connectivity index (χ0n) is 9.60. The normalized spacial score (nSPS) is 9.71. The molecule has 0 amide bonds. The van der Waals surface area contributed by atoms with Crippen molar-refractivity contribution in [3.05, 3.63) is 24.0 Å². The Labute approximate surface area is 105 Å². The van der Waals surface area contributed by atoms with Gasteiger partial charge in [-0.15, -0.1) is 0 Å². The van der Waals surface area contributed by atoms with Gasteiger partial charge in [0.2, 0.25) is 0 Å². The molecule has 1 heterocycles. The van der Waals surface area contributed by atoms with Crippen molar-refractivity contribution < 1.29 is 9.53 Å². The van der Waals surface area contributed by atoms with Gasteiger partial charge in [-0.2, -0.15) is 0 Å². The highest BCUT2D eigenvalue weighted by molar-refractivity contribution is 7.80. The van der Waals surface area contributed by atoms with Crippen LogP contribution in [0.4, 0.5) is 5.69 Å². The molecule has 0 bridgehead atoms. The molecule has 0 fully saturated rings. The number of nitrogens with two attached hydrogens (primary N) is 1. The van der Waals surface area contributed by atoms with Gasteiger partial charge in [-0.25, -0.2) is 0 Å². The minimum atomic E-state index is -0.215. The second-order valence-corrected chi connectivity index (χ2v) is 3.72. The molecule has 1 aromatic heterocycles. The van der Waals surface area contributed by atoms with E-state index in [2.05, 4.69) is 10.3 Å². The molecule has 5 nitrogen and oxygen atoms in total. The van der Waals surface area contributed by atoms with Gasteiger partial charge in [-0.05, 0) is 19.1 Å². The molecule has 92 valence electrons. The third-order valence-electron chi connectivity index (χ3n) is 1.98. The largest absolute Gasteiger partial charge is 0.466 e. The number of thiocarbonyl (C=S) groups is 1. The first-order chi connectivity index (χ1) is 8.13. The number of aromatic nitrogens is 1. The van der Waals surface area contributed by atoms with Crippen molar-refractivity contribution in [1.29, 1.82) is 0 Å². The predicted octanol–water partition coefficient (Wildman–Crippen LogP) is 1.08. The van der Waals surface area contributed by atoms with E-state index in [4.69, 9.17) is 22.7 Å². The maximum absolute atomic E-state index is 11.1. The SMILES string of the molecule is CCOC(=O)CCNc1ccc(C(N)=S)nc1. The van der Waals surface area contributed by atoms with Gasteiger partial charge >= 0.3 is 5.97 Å². The fourth-order valence-corrected chi connectivity index (χ4v) is 1.31. The minimum absolute atomic E-state index is 0.215. The highest BCUT2D eigenvalue weighted by atomic mass is 32.1. The first-order valence-electron chi connectivity index (χ1n) is 5.29. The zero-order chi connectivity index (χ0) is 12.7. The molecule has 0 atom stereocenters. The van der Waals surface area contributed by atoms with E-state index in [0.29, 0.717) is 25.3 Å². The average molecular weight is 253 g/mol. The summed E-state index contributed by atoms with van der Waals surface area (Å²) in [5.74, 6) is -0.215. The molecule has 1 rings (SSSR count). The summed E-state index contributed by atoms with van der Waals surface area (Å²) >= 11 is 4.79. The number of hydrogen-bond acceptors (Lipinski definition) is 5. The van der Waals surface area contributed by atoms with Gasteiger partial charge in [0.15, 0.2) is 0 Å². The number of rotatable bonds is 6. The summed E-state index contributed by atoms with van der Waals surface area (Å²) in [5, 5.41) is 3.05. The summed E-state index contributed by atoms with van der Waals surface area (Å²) in [6, 6.07) is 3.54. The second-order valence-electron chi connectivity index (χ2n) is 3.28. The minimum Gasteiger partial charge on any atom is -0.466 e. The Hall–Kier alpha value is -1.69. The maximum Gasteiger partial charge on any atom is 0.307 e. The van der Waals surface area contributed by atoms with Crippen molar-refractivity contribution in [2.45, 2.75) is 13.3 Å². The molecule has 0 aliphatic heterocycles. The van der Waals surface area contributed by atoms with E-state index < -0.39 is 0 Å². The molecular weight excluding hydrogens is 238 g/mol. The number of pyridine rings is 1. The van der Waals surface area contributed by atoms with E-state index in [1.54, 1.807) is 19.2 Å². The van der Waals surface area contributed by atoms with Crippen LogP contribution >= 0.6 is 12.2 Å². The van der Waals surface area contributed by atoms with Crippen LogP contribution in [-0.2, 0) is 9.53 Å². The van der Waals surface area contributed by atoms with Gasteiger partial charge in [-0.1, -0.05) is 12.2 Å². The number of carbonyl (C=O) groups is 1. The average Bonchev–Trinajstić information content (AvgIpc) is 2.30. The van der Waals surface area contributed by atoms with Crippen molar-refractivity contribution in [2.24, 2.45) is 5.73 Å². The van der Waals surface area contributed by atoms with E-state index in [1.807, 2.05) is 6.07 Å². The lowest BCUT2D eigenvalue weighted by molar-refractivity contribution is -0.142. The summed E-state index contributed by atoms with van der Waals surface area (Å²) in [7, 11) is 0. The first kappa shape index (κ1) is 13.4. The van der Waals surface area contributed by atoms with Crippen molar-refractivity contribution >= 4 is 28.9 Å². The van der Waals surface area contributed by atoms with Crippen molar-refractivity contribution in [3.8, 4) is 0 Å². The van der Waals surface area contributed by atoms with Crippen LogP contribution in [0.1, 0.15) is 19.0 Å². The Kier molecular flexibility index (Phi) is 5.35. The van der Waals surface area contributed by atoms with Crippen LogP contribution < -0.4 is 11.1 Å². The molecule has 0 radical (unpaired) electrons. The van der Waals surface area contributed by atoms with Gasteiger partial charge < -0.3 is 15.8 Å². The van der Waals surface area contributed by atoms with Crippen LogP contribution in [0.15, 0.2) is 18.3 Å². The van der Waals surface area contributed by atoms with Gasteiger partial charge in [0.25, 0.3) is 0 Å². The van der Waals surface area contributed by atoms with Crippen LogP contribution in [0.2, 0.25) is 0 Å². The molecular formula is C11H15N3O2S. The summed E-state index contributed by atoms with van der Waals surface area (Å²) in [5.41, 5.74) is 6.82. The number of anilines is 1. The van der Waals surface area contributed by atoms with E-state index in [9.17, 15) is 4.79 Å². The summed E-state index contributed by atoms with van der Waals surface area (Å²) in [4.78, 5) is 15.4. The van der Waals surface area contributed by atoms with Crippen LogP contribution in [-0.4, -0.2) is 29.1 Å². The van der Waals surface area contributed by atoms with Crippen molar-refractivity contribution in [2.75, 3.05) is 18.5 Å². The van der Waals surface area contributed by atoms with Crippen LogP contribution in [0.3, 0.4) is 0 Å². The standard InChI is InChI=1S/C11H15N3O2S/c1-2-16-10(15)5-6-13-8-3-4-9(11(12)17)14-7-8/h3-4,7,13H,2,5-6H2,1H3,(H2,12,17). The number of nitrogens with zero attached hydrogens (tertiary/aromatic N) is 1. The Morgan fingerprint density at radius 3 is 2.88 bits per heavy atom. The highest BCUT2D eigenvalue weighted by Gasteiger charge is 2.01. The Morgan fingerprint density at radius 2 is 2.35 bits per heavy atom. The molecule has 0 spiro atoms. The van der Waals surface area contributed by atoms with Gasteiger partial charge in [0.05, 0.1) is 30.6 Å². The third-order valence-corrected chi connectivity index (χ3v) is 2.19. The number of esters is 1.